The van der Waals surface area contributed by atoms with Gasteiger partial charge in [0.2, 0.25) is 5.95 Å². The fraction of sp³-hybridized carbons (Fsp3) is 0.278. The lowest BCUT2D eigenvalue weighted by Gasteiger charge is -2.31. The van der Waals surface area contributed by atoms with Gasteiger partial charge in [0.15, 0.2) is 0 Å². The zero-order valence-corrected chi connectivity index (χ0v) is 12.7. The molecular formula is C18H17N5. The molecule has 0 spiro atoms. The van der Waals surface area contributed by atoms with Crippen molar-refractivity contribution in [3.63, 3.8) is 0 Å². The molecule has 3 aromatic heterocycles. The number of hydrogen-bond donors (Lipinski definition) is 1. The highest BCUT2D eigenvalue weighted by molar-refractivity contribution is 5.80. The molecule has 0 bridgehead atoms. The first kappa shape index (κ1) is 13.8. The first-order chi connectivity index (χ1) is 11.3. The summed E-state index contributed by atoms with van der Waals surface area (Å²) in [5.74, 6) is 3.86. The van der Waals surface area contributed by atoms with Gasteiger partial charge in [-0.1, -0.05) is 5.92 Å². The van der Waals surface area contributed by atoms with E-state index in [2.05, 4.69) is 43.0 Å². The second-order valence-electron chi connectivity index (χ2n) is 5.82. The molecule has 1 aliphatic heterocycles. The average molecular weight is 303 g/mol. The van der Waals surface area contributed by atoms with Crippen molar-refractivity contribution in [2.45, 2.75) is 18.8 Å². The number of nitrogens with zero attached hydrogens (tertiary/aromatic N) is 4. The van der Waals surface area contributed by atoms with Crippen molar-refractivity contribution in [1.29, 1.82) is 0 Å². The molecule has 0 unspecified atom stereocenters. The third-order valence-electron chi connectivity index (χ3n) is 4.51. The number of aromatic amines is 1. The number of hydrogen-bond acceptors (Lipinski definition) is 4. The predicted octanol–water partition coefficient (Wildman–Crippen LogP) is 2.72. The van der Waals surface area contributed by atoms with E-state index in [-0.39, 0.29) is 0 Å². The van der Waals surface area contributed by atoms with Crippen molar-refractivity contribution in [2.75, 3.05) is 18.0 Å². The predicted molar refractivity (Wildman–Crippen MR) is 90.2 cm³/mol. The van der Waals surface area contributed by atoms with Gasteiger partial charge < -0.3 is 9.88 Å². The van der Waals surface area contributed by atoms with Crippen LogP contribution in [0.5, 0.6) is 0 Å². The lowest BCUT2D eigenvalue weighted by Crippen LogP contribution is -2.34. The number of nitrogens with one attached hydrogen (secondary N) is 1. The zero-order valence-electron chi connectivity index (χ0n) is 12.7. The number of fused-ring (bicyclic) bond motifs is 1. The maximum absolute atomic E-state index is 5.34. The summed E-state index contributed by atoms with van der Waals surface area (Å²) in [7, 11) is 0. The van der Waals surface area contributed by atoms with Gasteiger partial charge in [-0.05, 0) is 36.5 Å². The van der Waals surface area contributed by atoms with Gasteiger partial charge >= 0.3 is 0 Å². The van der Waals surface area contributed by atoms with Gasteiger partial charge in [0, 0.05) is 43.3 Å². The van der Waals surface area contributed by atoms with Gasteiger partial charge in [-0.25, -0.2) is 15.0 Å². The molecule has 114 valence electrons. The minimum Gasteiger partial charge on any atom is -0.346 e. The molecule has 1 aliphatic rings. The molecule has 5 nitrogen and oxygen atoms in total. The van der Waals surface area contributed by atoms with Crippen LogP contribution in [0.1, 0.15) is 29.9 Å². The van der Waals surface area contributed by atoms with Gasteiger partial charge in [0.1, 0.15) is 5.65 Å². The molecule has 1 saturated heterocycles. The van der Waals surface area contributed by atoms with Crippen molar-refractivity contribution in [3.05, 3.63) is 48.0 Å². The molecule has 4 heterocycles. The van der Waals surface area contributed by atoms with Gasteiger partial charge in [-0.3, -0.25) is 0 Å². The van der Waals surface area contributed by atoms with Crippen molar-refractivity contribution >= 4 is 17.0 Å². The Morgan fingerprint density at radius 2 is 1.96 bits per heavy atom. The molecule has 5 heteroatoms. The summed E-state index contributed by atoms with van der Waals surface area (Å²) >= 11 is 0. The van der Waals surface area contributed by atoms with Crippen LogP contribution in [0.3, 0.4) is 0 Å². The van der Waals surface area contributed by atoms with Gasteiger partial charge in [0.05, 0.1) is 5.56 Å². The maximum atomic E-state index is 5.34. The summed E-state index contributed by atoms with van der Waals surface area (Å²) in [6.07, 6.45) is 14.9. The summed E-state index contributed by atoms with van der Waals surface area (Å²) in [6, 6.07) is 4.14. The zero-order chi connectivity index (χ0) is 15.6. The van der Waals surface area contributed by atoms with E-state index >= 15 is 0 Å². The molecule has 0 atom stereocenters. The monoisotopic (exact) mass is 303 g/mol. The first-order valence-electron chi connectivity index (χ1n) is 7.81. The van der Waals surface area contributed by atoms with Crippen LogP contribution in [-0.2, 0) is 0 Å². The Bertz CT molecular complexity index is 851. The number of aromatic nitrogens is 4. The van der Waals surface area contributed by atoms with Crippen molar-refractivity contribution in [3.8, 4) is 12.3 Å². The molecule has 23 heavy (non-hydrogen) atoms. The van der Waals surface area contributed by atoms with Crippen LogP contribution in [0.15, 0.2) is 36.9 Å². The molecule has 1 N–H and O–H groups in total. The summed E-state index contributed by atoms with van der Waals surface area (Å²) < 4.78 is 0. The Morgan fingerprint density at radius 1 is 1.17 bits per heavy atom. The first-order valence-corrected chi connectivity index (χ1v) is 7.81. The van der Waals surface area contributed by atoms with E-state index in [9.17, 15) is 0 Å². The second kappa shape index (κ2) is 5.73. The SMILES string of the molecule is C#Cc1cnc(N2CCC(c3c[nH]c4ncccc34)CC2)nc1. The minimum atomic E-state index is 0.550. The van der Waals surface area contributed by atoms with E-state index in [0.29, 0.717) is 5.92 Å². The average Bonchev–Trinajstić information content (AvgIpc) is 3.06. The molecular weight excluding hydrogens is 286 g/mol. The fourth-order valence-corrected chi connectivity index (χ4v) is 3.26. The summed E-state index contributed by atoms with van der Waals surface area (Å²) in [4.78, 5) is 18.6. The van der Waals surface area contributed by atoms with Crippen LogP contribution in [-0.4, -0.2) is 33.0 Å². The Morgan fingerprint density at radius 3 is 2.70 bits per heavy atom. The molecule has 3 aromatic rings. The molecule has 0 saturated carbocycles. The third-order valence-corrected chi connectivity index (χ3v) is 4.51. The van der Waals surface area contributed by atoms with Crippen LogP contribution in [0.4, 0.5) is 5.95 Å². The number of rotatable bonds is 2. The van der Waals surface area contributed by atoms with Crippen molar-refractivity contribution in [2.24, 2.45) is 0 Å². The van der Waals surface area contributed by atoms with E-state index in [1.807, 2.05) is 12.3 Å². The van der Waals surface area contributed by atoms with Crippen LogP contribution < -0.4 is 4.90 Å². The molecule has 1 fully saturated rings. The van der Waals surface area contributed by atoms with Gasteiger partial charge in [-0.15, -0.1) is 6.42 Å². The number of piperidine rings is 1. The Labute approximate surface area is 134 Å². The van der Waals surface area contributed by atoms with E-state index < -0.39 is 0 Å². The van der Waals surface area contributed by atoms with E-state index in [0.717, 1.165) is 43.1 Å². The van der Waals surface area contributed by atoms with Crippen LogP contribution in [0.25, 0.3) is 11.0 Å². The number of H-pyrrole nitrogens is 1. The molecule has 0 aromatic carbocycles. The number of anilines is 1. The smallest absolute Gasteiger partial charge is 0.225 e. The standard InChI is InChI=1S/C18H17N5/c1-2-13-10-21-18(22-11-13)23-8-5-14(6-9-23)16-12-20-17-15(16)4-3-7-19-17/h1,3-4,7,10-12,14H,5-6,8-9H2,(H,19,20). The lowest BCUT2D eigenvalue weighted by molar-refractivity contribution is 0.501. The summed E-state index contributed by atoms with van der Waals surface area (Å²) in [5.41, 5.74) is 3.06. The van der Waals surface area contributed by atoms with Gasteiger partial charge in [-0.2, -0.15) is 0 Å². The van der Waals surface area contributed by atoms with Gasteiger partial charge in [0.25, 0.3) is 0 Å². The summed E-state index contributed by atoms with van der Waals surface area (Å²) in [6.45, 7) is 1.90. The molecule has 0 amide bonds. The third kappa shape index (κ3) is 2.53. The Balaban J connectivity index is 1.49. The quantitative estimate of drug-likeness (QED) is 0.740. The Kier molecular flexibility index (Phi) is 3.43. The molecule has 4 rings (SSSR count). The topological polar surface area (TPSA) is 57.7 Å². The minimum absolute atomic E-state index is 0.550. The van der Waals surface area contributed by atoms with Crippen molar-refractivity contribution < 1.29 is 0 Å². The van der Waals surface area contributed by atoms with E-state index in [4.69, 9.17) is 6.42 Å². The fourth-order valence-electron chi connectivity index (χ4n) is 3.26. The van der Waals surface area contributed by atoms with Crippen LogP contribution in [0.2, 0.25) is 0 Å². The highest BCUT2D eigenvalue weighted by Gasteiger charge is 2.24. The molecule has 0 aliphatic carbocycles. The number of terminal acetylenes is 1. The normalized spacial score (nSPS) is 15.7. The van der Waals surface area contributed by atoms with E-state index in [1.54, 1.807) is 12.4 Å². The second-order valence-corrected chi connectivity index (χ2v) is 5.82. The molecule has 0 radical (unpaired) electrons. The number of pyridine rings is 1. The van der Waals surface area contributed by atoms with Crippen LogP contribution >= 0.6 is 0 Å². The highest BCUT2D eigenvalue weighted by atomic mass is 15.2. The Hall–Kier alpha value is -2.87. The lowest BCUT2D eigenvalue weighted by atomic mass is 9.89. The highest BCUT2D eigenvalue weighted by Crippen LogP contribution is 2.33. The van der Waals surface area contributed by atoms with Crippen LogP contribution in [0, 0.1) is 12.3 Å². The summed E-state index contributed by atoms with van der Waals surface area (Å²) in [5, 5.41) is 1.24. The van der Waals surface area contributed by atoms with E-state index in [1.165, 1.54) is 10.9 Å². The largest absolute Gasteiger partial charge is 0.346 e. The van der Waals surface area contributed by atoms with Crippen molar-refractivity contribution in [1.82, 2.24) is 19.9 Å². The maximum Gasteiger partial charge on any atom is 0.225 e.